The normalized spacial score (nSPS) is 12.2. The van der Waals surface area contributed by atoms with E-state index in [0.717, 1.165) is 11.3 Å². The summed E-state index contributed by atoms with van der Waals surface area (Å²) >= 11 is 1.26. The number of amides is 1. The van der Waals surface area contributed by atoms with Crippen LogP contribution in [0.1, 0.15) is 49.3 Å². The summed E-state index contributed by atoms with van der Waals surface area (Å²) < 4.78 is 15.5. The number of aromatic nitrogens is 2. The van der Waals surface area contributed by atoms with Gasteiger partial charge in [0.2, 0.25) is 0 Å². The van der Waals surface area contributed by atoms with Crippen LogP contribution in [0.4, 0.5) is 4.79 Å². The lowest BCUT2D eigenvalue weighted by Gasteiger charge is -2.22. The van der Waals surface area contributed by atoms with Crippen LogP contribution < -0.4 is 10.1 Å². The smallest absolute Gasteiger partial charge is 0.408 e. The number of alkyl carbamates (subject to hydrolysis) is 1. The van der Waals surface area contributed by atoms with Gasteiger partial charge in [0, 0.05) is 0 Å². The molecule has 1 N–H and O–H groups in total. The van der Waals surface area contributed by atoms with Crippen LogP contribution in [-0.4, -0.2) is 41.6 Å². The summed E-state index contributed by atoms with van der Waals surface area (Å²) in [6.45, 7) is 7.46. The van der Waals surface area contributed by atoms with E-state index in [2.05, 4.69) is 15.5 Å². The topological polar surface area (TPSA) is 99.6 Å². The van der Waals surface area contributed by atoms with E-state index < -0.39 is 17.7 Å². The molecule has 1 aromatic carbocycles. The molecule has 0 saturated heterocycles. The third kappa shape index (κ3) is 7.69. The highest BCUT2D eigenvalue weighted by atomic mass is 32.1. The fourth-order valence-electron chi connectivity index (χ4n) is 2.46. The minimum Gasteiger partial charge on any atom is -0.497 e. The zero-order valence-electron chi connectivity index (χ0n) is 17.4. The SMILES string of the molecule is CCOC(=O)Cc1nnc([C@H](Cc2ccc(OC)cc2)NC(=O)OC(C)(C)C)s1. The van der Waals surface area contributed by atoms with Crippen LogP contribution >= 0.6 is 11.3 Å². The average molecular weight is 422 g/mol. The maximum Gasteiger partial charge on any atom is 0.408 e. The summed E-state index contributed by atoms with van der Waals surface area (Å²) in [5.74, 6) is 0.389. The highest BCUT2D eigenvalue weighted by Crippen LogP contribution is 2.24. The predicted octanol–water partition coefficient (Wildman–Crippen LogP) is 3.46. The first-order valence-corrected chi connectivity index (χ1v) is 10.1. The number of rotatable bonds is 8. The first kappa shape index (κ1) is 22.6. The van der Waals surface area contributed by atoms with E-state index >= 15 is 0 Å². The zero-order chi connectivity index (χ0) is 21.4. The summed E-state index contributed by atoms with van der Waals surface area (Å²) in [7, 11) is 1.61. The monoisotopic (exact) mass is 421 g/mol. The van der Waals surface area contributed by atoms with Crippen LogP contribution in [0, 0.1) is 0 Å². The molecule has 8 nitrogen and oxygen atoms in total. The predicted molar refractivity (Wildman–Crippen MR) is 109 cm³/mol. The highest BCUT2D eigenvalue weighted by Gasteiger charge is 2.24. The number of benzene rings is 1. The van der Waals surface area contributed by atoms with Gasteiger partial charge in [-0.1, -0.05) is 23.5 Å². The van der Waals surface area contributed by atoms with Crippen molar-refractivity contribution in [1.82, 2.24) is 15.5 Å². The Kier molecular flexibility index (Phi) is 7.95. The second kappa shape index (κ2) is 10.2. The molecule has 29 heavy (non-hydrogen) atoms. The van der Waals surface area contributed by atoms with Gasteiger partial charge in [0.1, 0.15) is 21.4 Å². The van der Waals surface area contributed by atoms with E-state index in [-0.39, 0.29) is 12.4 Å². The molecule has 1 amide bonds. The van der Waals surface area contributed by atoms with Crippen LogP contribution in [-0.2, 0) is 27.1 Å². The third-order valence-corrected chi connectivity index (χ3v) is 4.71. The molecular formula is C20H27N3O5S. The van der Waals surface area contributed by atoms with Crippen molar-refractivity contribution >= 4 is 23.4 Å². The molecule has 0 bridgehead atoms. The van der Waals surface area contributed by atoms with Gasteiger partial charge in [-0.3, -0.25) is 4.79 Å². The van der Waals surface area contributed by atoms with Crippen LogP contribution in [0.2, 0.25) is 0 Å². The number of methoxy groups -OCH3 is 1. The van der Waals surface area contributed by atoms with E-state index in [9.17, 15) is 9.59 Å². The second-order valence-corrected chi connectivity index (χ2v) is 8.36. The van der Waals surface area contributed by atoms with Crippen molar-refractivity contribution in [2.45, 2.75) is 52.2 Å². The highest BCUT2D eigenvalue weighted by molar-refractivity contribution is 7.11. The van der Waals surface area contributed by atoms with Gasteiger partial charge in [-0.25, -0.2) is 4.79 Å². The van der Waals surface area contributed by atoms with Crippen molar-refractivity contribution in [1.29, 1.82) is 0 Å². The van der Waals surface area contributed by atoms with Crippen LogP contribution in [0.25, 0.3) is 0 Å². The molecule has 158 valence electrons. The van der Waals surface area contributed by atoms with Crippen molar-refractivity contribution in [3.63, 3.8) is 0 Å². The van der Waals surface area contributed by atoms with Gasteiger partial charge in [-0.2, -0.15) is 0 Å². The van der Waals surface area contributed by atoms with Gasteiger partial charge in [-0.05, 0) is 51.8 Å². The average Bonchev–Trinajstić information content (AvgIpc) is 3.08. The number of nitrogens with zero attached hydrogens (tertiary/aromatic N) is 2. The molecule has 9 heteroatoms. The van der Waals surface area contributed by atoms with Crippen molar-refractivity contribution < 1.29 is 23.8 Å². The van der Waals surface area contributed by atoms with Gasteiger partial charge < -0.3 is 19.5 Å². The molecular weight excluding hydrogens is 394 g/mol. The fraction of sp³-hybridized carbons (Fsp3) is 0.500. The number of esters is 1. The van der Waals surface area contributed by atoms with Gasteiger partial charge in [0.15, 0.2) is 0 Å². The molecule has 0 saturated carbocycles. The Labute approximate surface area is 174 Å². The number of carbonyl (C=O) groups is 2. The number of hydrogen-bond donors (Lipinski definition) is 1. The van der Waals surface area contributed by atoms with Crippen LogP contribution in [0.5, 0.6) is 5.75 Å². The number of ether oxygens (including phenoxy) is 3. The van der Waals surface area contributed by atoms with E-state index in [1.165, 1.54) is 11.3 Å². The quantitative estimate of drug-likeness (QED) is 0.652. The molecule has 0 aliphatic rings. The summed E-state index contributed by atoms with van der Waals surface area (Å²) in [5, 5.41) is 12.2. The van der Waals surface area contributed by atoms with Crippen molar-refractivity contribution in [3.8, 4) is 5.75 Å². The molecule has 0 fully saturated rings. The standard InChI is InChI=1S/C20H27N3O5S/c1-6-27-17(24)12-16-22-23-18(29-16)15(21-19(25)28-20(2,3)4)11-13-7-9-14(26-5)10-8-13/h7-10,15H,6,11-12H2,1-5H3,(H,21,25)/t15-/m0/s1. The van der Waals surface area contributed by atoms with Gasteiger partial charge >= 0.3 is 12.1 Å². The Morgan fingerprint density at radius 3 is 2.45 bits per heavy atom. The van der Waals surface area contributed by atoms with Crippen LogP contribution in [0.3, 0.4) is 0 Å². The summed E-state index contributed by atoms with van der Waals surface area (Å²) in [6, 6.07) is 7.09. The molecule has 0 aliphatic carbocycles. The molecule has 0 radical (unpaired) electrons. The Hall–Kier alpha value is -2.68. The van der Waals surface area contributed by atoms with Crippen LogP contribution in [0.15, 0.2) is 24.3 Å². The third-order valence-electron chi connectivity index (χ3n) is 3.67. The Morgan fingerprint density at radius 1 is 1.17 bits per heavy atom. The number of hydrogen-bond acceptors (Lipinski definition) is 8. The lowest BCUT2D eigenvalue weighted by atomic mass is 10.1. The molecule has 1 heterocycles. The Bertz CT molecular complexity index is 814. The maximum absolute atomic E-state index is 12.3. The lowest BCUT2D eigenvalue weighted by molar-refractivity contribution is -0.142. The summed E-state index contributed by atoms with van der Waals surface area (Å²) in [4.78, 5) is 24.0. The molecule has 0 unspecified atom stereocenters. The second-order valence-electron chi connectivity index (χ2n) is 7.27. The van der Waals surface area contributed by atoms with Gasteiger partial charge in [0.05, 0.1) is 26.2 Å². The summed E-state index contributed by atoms with van der Waals surface area (Å²) in [5.41, 5.74) is 0.360. The van der Waals surface area contributed by atoms with Crippen molar-refractivity contribution in [3.05, 3.63) is 39.8 Å². The molecule has 1 aromatic heterocycles. The maximum atomic E-state index is 12.3. The molecule has 0 spiro atoms. The molecule has 0 aliphatic heterocycles. The van der Waals surface area contributed by atoms with Crippen molar-refractivity contribution in [2.24, 2.45) is 0 Å². The molecule has 2 aromatic rings. The fourth-order valence-corrected chi connectivity index (χ4v) is 3.34. The minimum absolute atomic E-state index is 0.0488. The van der Waals surface area contributed by atoms with E-state index in [1.54, 1.807) is 34.8 Å². The first-order chi connectivity index (χ1) is 13.7. The Morgan fingerprint density at radius 2 is 1.86 bits per heavy atom. The van der Waals surface area contributed by atoms with Gasteiger partial charge in [0.25, 0.3) is 0 Å². The molecule has 1 atom stereocenters. The first-order valence-electron chi connectivity index (χ1n) is 9.30. The number of nitrogens with one attached hydrogen (secondary N) is 1. The summed E-state index contributed by atoms with van der Waals surface area (Å²) in [6.07, 6.45) is -0.0112. The van der Waals surface area contributed by atoms with E-state index in [4.69, 9.17) is 14.2 Å². The van der Waals surface area contributed by atoms with E-state index in [1.807, 2.05) is 24.3 Å². The zero-order valence-corrected chi connectivity index (χ0v) is 18.2. The Balaban J connectivity index is 2.18. The lowest BCUT2D eigenvalue weighted by Crippen LogP contribution is -2.35. The van der Waals surface area contributed by atoms with E-state index in [0.29, 0.717) is 23.0 Å². The molecule has 2 rings (SSSR count). The van der Waals surface area contributed by atoms with Gasteiger partial charge in [-0.15, -0.1) is 10.2 Å². The minimum atomic E-state index is -0.620. The number of carbonyl (C=O) groups excluding carboxylic acids is 2. The van der Waals surface area contributed by atoms with Crippen molar-refractivity contribution in [2.75, 3.05) is 13.7 Å². The largest absolute Gasteiger partial charge is 0.497 e.